The Kier molecular flexibility index (Phi) is 8.18. The van der Waals surface area contributed by atoms with Crippen molar-refractivity contribution in [1.82, 2.24) is 15.5 Å². The Morgan fingerprint density at radius 3 is 2.17 bits per heavy atom. The highest BCUT2D eigenvalue weighted by molar-refractivity contribution is 5.79. The van der Waals surface area contributed by atoms with Crippen molar-refractivity contribution in [3.63, 3.8) is 0 Å². The second-order valence-corrected chi connectivity index (χ2v) is 7.17. The number of hydrogen-bond donors (Lipinski definition) is 2. The van der Waals surface area contributed by atoms with Crippen LogP contribution in [0.4, 0.5) is 26.3 Å². The molecule has 164 valence electrons. The lowest BCUT2D eigenvalue weighted by molar-refractivity contribution is -0.148. The average Bonchev–Trinajstić information content (AvgIpc) is 2.64. The first-order chi connectivity index (χ1) is 13.6. The van der Waals surface area contributed by atoms with Gasteiger partial charge in [0.2, 0.25) is 0 Å². The number of guanidine groups is 1. The fourth-order valence-electron chi connectivity index (χ4n) is 3.30. The lowest BCUT2D eigenvalue weighted by Crippen LogP contribution is -2.41. The number of nitrogens with one attached hydrogen (secondary N) is 2. The van der Waals surface area contributed by atoms with Crippen molar-refractivity contribution in [1.29, 1.82) is 0 Å². The van der Waals surface area contributed by atoms with E-state index in [0.29, 0.717) is 43.6 Å². The van der Waals surface area contributed by atoms with Gasteiger partial charge in [0.15, 0.2) is 5.96 Å². The molecule has 0 radical (unpaired) electrons. The molecule has 29 heavy (non-hydrogen) atoms. The number of piperidine rings is 1. The first-order valence-corrected chi connectivity index (χ1v) is 9.46. The van der Waals surface area contributed by atoms with Crippen LogP contribution in [-0.2, 0) is 12.7 Å². The smallest absolute Gasteiger partial charge is 0.356 e. The first kappa shape index (κ1) is 23.3. The molecule has 2 N–H and O–H groups in total. The number of aliphatic imine (C=N–C) groups is 1. The molecule has 1 aromatic rings. The molecule has 0 bridgehead atoms. The summed E-state index contributed by atoms with van der Waals surface area (Å²) in [5.74, 6) is 0.888. The molecule has 0 aliphatic carbocycles. The van der Waals surface area contributed by atoms with E-state index in [1.54, 1.807) is 7.05 Å². The number of benzene rings is 1. The summed E-state index contributed by atoms with van der Waals surface area (Å²) in [5, 5.41) is 6.18. The second kappa shape index (κ2) is 10.2. The van der Waals surface area contributed by atoms with Crippen LogP contribution in [0.5, 0.6) is 0 Å². The lowest BCUT2D eigenvalue weighted by Gasteiger charge is -2.32. The van der Waals surface area contributed by atoms with Crippen molar-refractivity contribution in [2.24, 2.45) is 10.9 Å². The maximum atomic E-state index is 12.6. The maximum Gasteiger partial charge on any atom is 0.416 e. The summed E-state index contributed by atoms with van der Waals surface area (Å²) >= 11 is 0. The van der Waals surface area contributed by atoms with Gasteiger partial charge in [-0.1, -0.05) is 12.1 Å². The van der Waals surface area contributed by atoms with Crippen LogP contribution in [0.1, 0.15) is 30.4 Å². The molecule has 10 heteroatoms. The molecule has 0 spiro atoms. The topological polar surface area (TPSA) is 39.7 Å². The maximum absolute atomic E-state index is 12.6. The Hall–Kier alpha value is -1.97. The molecule has 1 fully saturated rings. The third-order valence-corrected chi connectivity index (χ3v) is 4.92. The molecule has 1 aromatic carbocycles. The van der Waals surface area contributed by atoms with E-state index in [4.69, 9.17) is 0 Å². The fraction of sp³-hybridized carbons (Fsp3) is 0.632. The highest BCUT2D eigenvalue weighted by Crippen LogP contribution is 2.29. The van der Waals surface area contributed by atoms with Gasteiger partial charge < -0.3 is 10.6 Å². The summed E-state index contributed by atoms with van der Waals surface area (Å²) in [6.07, 6.45) is -6.22. The van der Waals surface area contributed by atoms with Crippen molar-refractivity contribution >= 4 is 5.96 Å². The van der Waals surface area contributed by atoms with Crippen LogP contribution in [0.15, 0.2) is 29.3 Å². The van der Waals surface area contributed by atoms with E-state index in [1.807, 2.05) is 0 Å². The Morgan fingerprint density at radius 1 is 1.03 bits per heavy atom. The number of alkyl halides is 6. The van der Waals surface area contributed by atoms with E-state index in [9.17, 15) is 26.3 Å². The van der Waals surface area contributed by atoms with Crippen LogP contribution in [0.2, 0.25) is 0 Å². The zero-order valence-electron chi connectivity index (χ0n) is 16.2. The molecule has 2 rings (SSSR count). The molecule has 1 heterocycles. The van der Waals surface area contributed by atoms with Crippen LogP contribution in [0, 0.1) is 5.92 Å². The standard InChI is InChI=1S/C19H26F6N4/c1-26-17(28-12-15-2-4-16(5-3-15)19(23,24)25)27-9-6-14-7-10-29(11-8-14)13-18(20,21)22/h2-5,14H,6-13H2,1H3,(H2,26,27,28). The normalized spacial score (nSPS) is 17.4. The minimum Gasteiger partial charge on any atom is -0.356 e. The third-order valence-electron chi connectivity index (χ3n) is 4.92. The average molecular weight is 424 g/mol. The predicted molar refractivity (Wildman–Crippen MR) is 99.5 cm³/mol. The number of halogens is 6. The van der Waals surface area contributed by atoms with Gasteiger partial charge in [-0.05, 0) is 56.0 Å². The van der Waals surface area contributed by atoms with Crippen LogP contribution in [0.25, 0.3) is 0 Å². The predicted octanol–water partition coefficient (Wildman–Crippen LogP) is 4.03. The summed E-state index contributed by atoms with van der Waals surface area (Å²) < 4.78 is 75.0. The molecular weight excluding hydrogens is 398 g/mol. The lowest BCUT2D eigenvalue weighted by atomic mass is 9.93. The second-order valence-electron chi connectivity index (χ2n) is 7.17. The van der Waals surface area contributed by atoms with Gasteiger partial charge in [0, 0.05) is 20.1 Å². The summed E-state index contributed by atoms with van der Waals surface area (Å²) in [4.78, 5) is 5.52. The van der Waals surface area contributed by atoms with E-state index < -0.39 is 24.5 Å². The molecule has 0 atom stereocenters. The number of hydrogen-bond acceptors (Lipinski definition) is 2. The molecular formula is C19H26F6N4. The van der Waals surface area contributed by atoms with Crippen LogP contribution < -0.4 is 10.6 Å². The van der Waals surface area contributed by atoms with Gasteiger partial charge in [0.05, 0.1) is 12.1 Å². The zero-order chi connectivity index (χ0) is 21.5. The van der Waals surface area contributed by atoms with Crippen LogP contribution in [0.3, 0.4) is 0 Å². The minimum atomic E-state index is -4.35. The van der Waals surface area contributed by atoms with Crippen molar-refractivity contribution in [2.75, 3.05) is 33.2 Å². The third kappa shape index (κ3) is 8.51. The number of likely N-dealkylation sites (tertiary alicyclic amines) is 1. The Morgan fingerprint density at radius 2 is 1.66 bits per heavy atom. The van der Waals surface area contributed by atoms with Crippen molar-refractivity contribution < 1.29 is 26.3 Å². The molecule has 0 unspecified atom stereocenters. The van der Waals surface area contributed by atoms with E-state index in [2.05, 4.69) is 15.6 Å². The van der Waals surface area contributed by atoms with Crippen molar-refractivity contribution in [3.8, 4) is 0 Å². The molecule has 0 amide bonds. The molecule has 1 aliphatic heterocycles. The van der Waals surface area contributed by atoms with Gasteiger partial charge in [-0.2, -0.15) is 26.3 Å². The summed E-state index contributed by atoms with van der Waals surface area (Å²) in [5.41, 5.74) is 0.00280. The van der Waals surface area contributed by atoms with Crippen LogP contribution in [-0.4, -0.2) is 50.3 Å². The van der Waals surface area contributed by atoms with Gasteiger partial charge in [-0.15, -0.1) is 0 Å². The number of rotatable bonds is 6. The SMILES string of the molecule is CN=C(NCCC1CCN(CC(F)(F)F)CC1)NCc1ccc(C(F)(F)F)cc1. The monoisotopic (exact) mass is 424 g/mol. The largest absolute Gasteiger partial charge is 0.416 e. The number of nitrogens with zero attached hydrogens (tertiary/aromatic N) is 2. The van der Waals surface area contributed by atoms with Gasteiger partial charge in [0.1, 0.15) is 0 Å². The Bertz CT molecular complexity index is 646. The molecule has 0 aromatic heterocycles. The molecule has 1 aliphatic rings. The summed E-state index contributed by atoms with van der Waals surface area (Å²) in [7, 11) is 1.59. The van der Waals surface area contributed by atoms with Gasteiger partial charge in [-0.3, -0.25) is 9.89 Å². The van der Waals surface area contributed by atoms with Crippen molar-refractivity contribution in [2.45, 2.75) is 38.2 Å². The minimum absolute atomic E-state index is 0.327. The Labute approximate surface area is 166 Å². The Balaban J connectivity index is 1.67. The van der Waals surface area contributed by atoms with E-state index >= 15 is 0 Å². The highest BCUT2D eigenvalue weighted by atomic mass is 19.4. The summed E-state index contributed by atoms with van der Waals surface area (Å²) in [6, 6.07) is 4.91. The van der Waals surface area contributed by atoms with Crippen molar-refractivity contribution in [3.05, 3.63) is 35.4 Å². The molecule has 0 saturated carbocycles. The molecule has 4 nitrogen and oxygen atoms in total. The highest BCUT2D eigenvalue weighted by Gasteiger charge is 2.32. The summed E-state index contributed by atoms with van der Waals surface area (Å²) in [6.45, 7) is 0.999. The molecule has 1 saturated heterocycles. The van der Waals surface area contributed by atoms with E-state index in [-0.39, 0.29) is 0 Å². The van der Waals surface area contributed by atoms with Crippen LogP contribution >= 0.6 is 0 Å². The van der Waals surface area contributed by atoms with Gasteiger partial charge in [-0.25, -0.2) is 0 Å². The van der Waals surface area contributed by atoms with E-state index in [0.717, 1.165) is 31.4 Å². The van der Waals surface area contributed by atoms with Gasteiger partial charge >= 0.3 is 12.4 Å². The van der Waals surface area contributed by atoms with E-state index in [1.165, 1.54) is 17.0 Å². The fourth-order valence-corrected chi connectivity index (χ4v) is 3.30. The first-order valence-electron chi connectivity index (χ1n) is 9.46. The van der Waals surface area contributed by atoms with Gasteiger partial charge in [0.25, 0.3) is 0 Å². The quantitative estimate of drug-likeness (QED) is 0.412. The zero-order valence-corrected chi connectivity index (χ0v) is 16.2.